The minimum absolute atomic E-state index is 0.0365. The van der Waals surface area contributed by atoms with Gasteiger partial charge in [-0.25, -0.2) is 0 Å². The maximum Gasteiger partial charge on any atom is 0.573 e. The molecule has 2 rings (SSSR count). The summed E-state index contributed by atoms with van der Waals surface area (Å²) in [5.74, 6) is -0.763. The van der Waals surface area contributed by atoms with Crippen molar-refractivity contribution in [3.05, 3.63) is 53.6 Å². The lowest BCUT2D eigenvalue weighted by Gasteiger charge is -2.19. The highest BCUT2D eigenvalue weighted by Crippen LogP contribution is 2.43. The van der Waals surface area contributed by atoms with Crippen LogP contribution < -0.4 is 4.74 Å². The van der Waals surface area contributed by atoms with E-state index in [0.29, 0.717) is 0 Å². The Hall–Kier alpha value is -2.69. The molecule has 126 valence electrons. The summed E-state index contributed by atoms with van der Waals surface area (Å²) in [6.45, 7) is 0. The van der Waals surface area contributed by atoms with Gasteiger partial charge < -0.3 is 4.74 Å². The van der Waals surface area contributed by atoms with E-state index in [4.69, 9.17) is 5.26 Å². The van der Waals surface area contributed by atoms with E-state index in [0.717, 1.165) is 24.3 Å². The highest BCUT2D eigenvalue weighted by molar-refractivity contribution is 5.77. The topological polar surface area (TPSA) is 33.0 Å². The first-order valence-corrected chi connectivity index (χ1v) is 6.54. The van der Waals surface area contributed by atoms with Crippen LogP contribution in [0.4, 0.5) is 26.3 Å². The van der Waals surface area contributed by atoms with E-state index in [9.17, 15) is 26.3 Å². The van der Waals surface area contributed by atoms with Crippen molar-refractivity contribution >= 4 is 0 Å². The Labute approximate surface area is 132 Å². The van der Waals surface area contributed by atoms with E-state index in [1.54, 1.807) is 6.07 Å². The number of nitriles is 1. The molecule has 2 nitrogen and oxygen atoms in total. The molecule has 24 heavy (non-hydrogen) atoms. The molecular formula is C16H9F6NO. The molecule has 2 aromatic carbocycles. The van der Waals surface area contributed by atoms with Crippen molar-refractivity contribution < 1.29 is 31.1 Å². The van der Waals surface area contributed by atoms with Gasteiger partial charge in [-0.3, -0.25) is 0 Å². The van der Waals surface area contributed by atoms with Crippen LogP contribution in [0.1, 0.15) is 11.1 Å². The number of hydrogen-bond donors (Lipinski definition) is 0. The fourth-order valence-corrected chi connectivity index (χ4v) is 2.27. The van der Waals surface area contributed by atoms with Crippen LogP contribution in [0.5, 0.6) is 5.75 Å². The third-order valence-electron chi connectivity index (χ3n) is 3.11. The number of rotatable bonds is 3. The molecule has 0 saturated carbocycles. The van der Waals surface area contributed by atoms with Gasteiger partial charge in [-0.05, 0) is 17.7 Å². The fraction of sp³-hybridized carbons (Fsp3) is 0.188. The number of alkyl halides is 6. The Kier molecular flexibility index (Phi) is 4.73. The molecule has 0 unspecified atom stereocenters. The lowest BCUT2D eigenvalue weighted by Crippen LogP contribution is -2.18. The smallest absolute Gasteiger partial charge is 0.405 e. The van der Waals surface area contributed by atoms with Crippen LogP contribution in [0.3, 0.4) is 0 Å². The summed E-state index contributed by atoms with van der Waals surface area (Å²) in [6, 6.07) is 9.35. The van der Waals surface area contributed by atoms with E-state index >= 15 is 0 Å². The summed E-state index contributed by atoms with van der Waals surface area (Å²) in [5, 5.41) is 8.80. The van der Waals surface area contributed by atoms with Gasteiger partial charge in [-0.15, -0.1) is 13.2 Å². The standard InChI is InChI=1S/C16H9F6NO/c17-15(18,19)12-6-3-4-10(8-9-23)14(12)11-5-1-2-7-13(11)24-16(20,21)22/h1-7H,8H2. The van der Waals surface area contributed by atoms with Crippen molar-refractivity contribution in [2.24, 2.45) is 0 Å². The maximum atomic E-state index is 13.3. The zero-order valence-corrected chi connectivity index (χ0v) is 11.9. The molecule has 0 aliphatic heterocycles. The lowest BCUT2D eigenvalue weighted by molar-refractivity contribution is -0.274. The summed E-state index contributed by atoms with van der Waals surface area (Å²) in [7, 11) is 0. The largest absolute Gasteiger partial charge is 0.573 e. The fourth-order valence-electron chi connectivity index (χ4n) is 2.27. The average Bonchev–Trinajstić information content (AvgIpc) is 2.46. The molecule has 0 aliphatic carbocycles. The summed E-state index contributed by atoms with van der Waals surface area (Å²) in [4.78, 5) is 0. The van der Waals surface area contributed by atoms with Crippen LogP contribution >= 0.6 is 0 Å². The monoisotopic (exact) mass is 345 g/mol. The first-order chi connectivity index (χ1) is 11.1. The Bertz CT molecular complexity index is 773. The highest BCUT2D eigenvalue weighted by Gasteiger charge is 2.37. The summed E-state index contributed by atoms with van der Waals surface area (Å²) in [6.07, 6.45) is -10.2. The number of ether oxygens (including phenoxy) is 1. The second-order valence-corrected chi connectivity index (χ2v) is 4.72. The zero-order valence-electron chi connectivity index (χ0n) is 11.9. The molecule has 0 N–H and O–H groups in total. The van der Waals surface area contributed by atoms with Gasteiger partial charge in [0.25, 0.3) is 0 Å². The minimum Gasteiger partial charge on any atom is -0.405 e. The second kappa shape index (κ2) is 6.43. The Morgan fingerprint density at radius 1 is 0.917 bits per heavy atom. The van der Waals surface area contributed by atoms with Gasteiger partial charge in [0, 0.05) is 11.1 Å². The average molecular weight is 345 g/mol. The Morgan fingerprint density at radius 3 is 2.17 bits per heavy atom. The predicted octanol–water partition coefficient (Wildman–Crippen LogP) is 5.34. The highest BCUT2D eigenvalue weighted by atomic mass is 19.4. The Morgan fingerprint density at radius 2 is 1.58 bits per heavy atom. The van der Waals surface area contributed by atoms with E-state index in [1.165, 1.54) is 18.2 Å². The van der Waals surface area contributed by atoms with Gasteiger partial charge in [-0.2, -0.15) is 18.4 Å². The van der Waals surface area contributed by atoms with Gasteiger partial charge in [0.1, 0.15) is 5.75 Å². The van der Waals surface area contributed by atoms with E-state index in [1.807, 2.05) is 0 Å². The van der Waals surface area contributed by atoms with Crippen LogP contribution in [0.2, 0.25) is 0 Å². The van der Waals surface area contributed by atoms with Crippen LogP contribution in [0.25, 0.3) is 11.1 Å². The molecule has 0 saturated heterocycles. The van der Waals surface area contributed by atoms with E-state index in [-0.39, 0.29) is 17.5 Å². The molecular weight excluding hydrogens is 336 g/mol. The molecule has 2 aromatic rings. The van der Waals surface area contributed by atoms with Crippen molar-refractivity contribution in [2.75, 3.05) is 0 Å². The van der Waals surface area contributed by atoms with E-state index in [2.05, 4.69) is 4.74 Å². The van der Waals surface area contributed by atoms with Crippen molar-refractivity contribution in [1.29, 1.82) is 5.26 Å². The molecule has 0 atom stereocenters. The predicted molar refractivity (Wildman–Crippen MR) is 72.9 cm³/mol. The normalized spacial score (nSPS) is 11.9. The number of nitrogens with zero attached hydrogens (tertiary/aromatic N) is 1. The number of para-hydroxylation sites is 1. The number of halogens is 6. The second-order valence-electron chi connectivity index (χ2n) is 4.72. The first kappa shape index (κ1) is 17.7. The van der Waals surface area contributed by atoms with Gasteiger partial charge in [0.05, 0.1) is 18.1 Å². The third kappa shape index (κ3) is 3.98. The maximum absolute atomic E-state index is 13.3. The molecule has 0 spiro atoms. The molecule has 0 fully saturated rings. The summed E-state index contributed by atoms with van der Waals surface area (Å²) >= 11 is 0. The third-order valence-corrected chi connectivity index (χ3v) is 3.11. The van der Waals surface area contributed by atoms with Gasteiger partial charge in [-0.1, -0.05) is 30.3 Å². The van der Waals surface area contributed by atoms with Gasteiger partial charge >= 0.3 is 12.5 Å². The van der Waals surface area contributed by atoms with Crippen LogP contribution in [-0.2, 0) is 12.6 Å². The summed E-state index contributed by atoms with van der Waals surface area (Å²) < 4.78 is 81.2. The van der Waals surface area contributed by atoms with Crippen LogP contribution in [-0.4, -0.2) is 6.36 Å². The molecule has 8 heteroatoms. The first-order valence-electron chi connectivity index (χ1n) is 6.54. The number of hydrogen-bond acceptors (Lipinski definition) is 2. The molecule has 0 aromatic heterocycles. The van der Waals surface area contributed by atoms with Gasteiger partial charge in [0.2, 0.25) is 0 Å². The molecule has 0 radical (unpaired) electrons. The molecule has 0 bridgehead atoms. The SMILES string of the molecule is N#CCc1cccc(C(F)(F)F)c1-c1ccccc1OC(F)(F)F. The Balaban J connectivity index is 2.75. The number of benzene rings is 2. The van der Waals surface area contributed by atoms with Crippen LogP contribution in [0.15, 0.2) is 42.5 Å². The summed E-state index contributed by atoms with van der Waals surface area (Å²) in [5.41, 5.74) is -2.04. The quantitative estimate of drug-likeness (QED) is 0.704. The van der Waals surface area contributed by atoms with Crippen molar-refractivity contribution in [3.8, 4) is 22.9 Å². The lowest BCUT2D eigenvalue weighted by atomic mass is 9.92. The van der Waals surface area contributed by atoms with Crippen LogP contribution in [0, 0.1) is 11.3 Å². The van der Waals surface area contributed by atoms with E-state index < -0.39 is 29.4 Å². The van der Waals surface area contributed by atoms with Crippen molar-refractivity contribution in [1.82, 2.24) is 0 Å². The zero-order chi connectivity index (χ0) is 18.0. The van der Waals surface area contributed by atoms with Gasteiger partial charge in [0.15, 0.2) is 0 Å². The molecule has 0 aliphatic rings. The molecule has 0 amide bonds. The minimum atomic E-state index is -5.06. The van der Waals surface area contributed by atoms with Crippen molar-refractivity contribution in [3.63, 3.8) is 0 Å². The van der Waals surface area contributed by atoms with Crippen molar-refractivity contribution in [2.45, 2.75) is 19.0 Å². The molecule has 0 heterocycles.